The van der Waals surface area contributed by atoms with Gasteiger partial charge in [-0.1, -0.05) is 221 Å². The Morgan fingerprint density at radius 2 is 0.829 bits per heavy atom. The summed E-state index contributed by atoms with van der Waals surface area (Å²) in [7, 11) is 1.44. The Kier molecular flexibility index (Phi) is 49.1. The van der Waals surface area contributed by atoms with Gasteiger partial charge in [-0.05, 0) is 83.5 Å². The van der Waals surface area contributed by atoms with Gasteiger partial charge in [0.15, 0.2) is 6.10 Å². The van der Waals surface area contributed by atoms with Crippen LogP contribution >= 0.6 is 7.82 Å². The minimum atomic E-state index is -4.40. The van der Waals surface area contributed by atoms with Gasteiger partial charge < -0.3 is 18.9 Å². The zero-order valence-corrected chi connectivity index (χ0v) is 46.6. The van der Waals surface area contributed by atoms with Gasteiger partial charge in [-0.25, -0.2) is 4.57 Å². The number of carbonyl (C=O) groups excluding carboxylic acids is 2. The minimum absolute atomic E-state index is 0.0179. The Morgan fingerprint density at radius 1 is 0.457 bits per heavy atom. The van der Waals surface area contributed by atoms with Crippen LogP contribution in [0.1, 0.15) is 232 Å². The number of phosphoric ester groups is 1. The maximum atomic E-state index is 12.7. The van der Waals surface area contributed by atoms with Gasteiger partial charge in [-0.2, -0.15) is 0 Å². The number of hydrogen-bond donors (Lipinski definition) is 1. The number of likely N-dealkylation sites (N-methyl/N-ethyl adjacent to an activating group) is 1. The van der Waals surface area contributed by atoms with Crippen LogP contribution in [0.2, 0.25) is 0 Å². The van der Waals surface area contributed by atoms with E-state index in [2.05, 4.69) is 92.8 Å². The highest BCUT2D eigenvalue weighted by Crippen LogP contribution is 2.43. The molecule has 0 fully saturated rings. The number of quaternary nitrogens is 1. The van der Waals surface area contributed by atoms with Crippen molar-refractivity contribution in [2.24, 2.45) is 0 Å². The van der Waals surface area contributed by atoms with Crippen LogP contribution in [0.15, 0.2) is 85.1 Å². The van der Waals surface area contributed by atoms with Crippen molar-refractivity contribution in [2.45, 2.75) is 238 Å². The number of phosphoric acid groups is 1. The first-order valence-electron chi connectivity index (χ1n) is 28.3. The molecule has 70 heavy (non-hydrogen) atoms. The quantitative estimate of drug-likeness (QED) is 0.0211. The Balaban J connectivity index is 4.16. The number of ether oxygens (including phenoxy) is 2. The van der Waals surface area contributed by atoms with E-state index in [0.29, 0.717) is 23.9 Å². The van der Waals surface area contributed by atoms with Crippen LogP contribution in [0.3, 0.4) is 0 Å². The van der Waals surface area contributed by atoms with Crippen molar-refractivity contribution in [2.75, 3.05) is 47.5 Å². The molecule has 10 heteroatoms. The minimum Gasteiger partial charge on any atom is -0.462 e. The van der Waals surface area contributed by atoms with Crippen LogP contribution in [-0.4, -0.2) is 74.9 Å². The smallest absolute Gasteiger partial charge is 0.462 e. The summed E-state index contributed by atoms with van der Waals surface area (Å²) in [6.45, 7) is 4.25. The third kappa shape index (κ3) is 54.5. The lowest BCUT2D eigenvalue weighted by molar-refractivity contribution is -0.870. The van der Waals surface area contributed by atoms with E-state index in [4.69, 9.17) is 18.5 Å². The third-order valence-electron chi connectivity index (χ3n) is 11.9. The predicted octanol–water partition coefficient (Wildman–Crippen LogP) is 17.5. The Bertz CT molecular complexity index is 1460. The molecule has 0 aromatic carbocycles. The normalized spacial score (nSPS) is 14.0. The summed E-state index contributed by atoms with van der Waals surface area (Å²) in [4.78, 5) is 35.6. The van der Waals surface area contributed by atoms with Crippen LogP contribution in [0, 0.1) is 0 Å². The van der Waals surface area contributed by atoms with Crippen LogP contribution in [-0.2, 0) is 32.7 Å². The summed E-state index contributed by atoms with van der Waals surface area (Å²) < 4.78 is 34.4. The average molecular weight is 1000 g/mol. The summed E-state index contributed by atoms with van der Waals surface area (Å²) in [6.07, 6.45) is 68.1. The molecule has 0 heterocycles. The molecular weight excluding hydrogens is 894 g/mol. The van der Waals surface area contributed by atoms with Gasteiger partial charge in [-0.3, -0.25) is 18.6 Å². The third-order valence-corrected chi connectivity index (χ3v) is 12.9. The van der Waals surface area contributed by atoms with Crippen molar-refractivity contribution in [3.8, 4) is 0 Å². The molecule has 0 rings (SSSR count). The Hall–Kier alpha value is -2.81. The van der Waals surface area contributed by atoms with E-state index in [1.807, 2.05) is 27.2 Å². The lowest BCUT2D eigenvalue weighted by Gasteiger charge is -2.24. The molecule has 0 spiro atoms. The van der Waals surface area contributed by atoms with Gasteiger partial charge >= 0.3 is 19.8 Å². The van der Waals surface area contributed by atoms with E-state index in [1.165, 1.54) is 135 Å². The molecule has 0 aromatic heterocycles. The topological polar surface area (TPSA) is 108 Å². The molecule has 0 aliphatic heterocycles. The Morgan fingerprint density at radius 3 is 1.26 bits per heavy atom. The first-order chi connectivity index (χ1) is 34.0. The van der Waals surface area contributed by atoms with E-state index >= 15 is 0 Å². The highest BCUT2D eigenvalue weighted by Gasteiger charge is 2.27. The molecule has 0 radical (unpaired) electrons. The van der Waals surface area contributed by atoms with Crippen molar-refractivity contribution >= 4 is 19.8 Å². The van der Waals surface area contributed by atoms with Crippen LogP contribution in [0.5, 0.6) is 0 Å². The molecule has 0 aromatic rings. The van der Waals surface area contributed by atoms with E-state index < -0.39 is 26.5 Å². The first-order valence-corrected chi connectivity index (χ1v) is 29.8. The molecular formula is C60H107NO8P+. The second-order valence-corrected chi connectivity index (χ2v) is 21.4. The van der Waals surface area contributed by atoms with E-state index in [1.54, 1.807) is 0 Å². The largest absolute Gasteiger partial charge is 0.472 e. The van der Waals surface area contributed by atoms with Crippen molar-refractivity contribution in [1.82, 2.24) is 0 Å². The molecule has 0 bridgehead atoms. The summed E-state index contributed by atoms with van der Waals surface area (Å²) in [5.41, 5.74) is 0. The molecule has 2 unspecified atom stereocenters. The van der Waals surface area contributed by atoms with Crippen LogP contribution in [0.4, 0.5) is 0 Å². The molecule has 0 aliphatic rings. The molecule has 9 nitrogen and oxygen atoms in total. The molecule has 0 aliphatic carbocycles. The maximum absolute atomic E-state index is 12.7. The van der Waals surface area contributed by atoms with Crippen molar-refractivity contribution in [1.29, 1.82) is 0 Å². The van der Waals surface area contributed by atoms with Gasteiger partial charge in [0.05, 0.1) is 27.7 Å². The summed E-state index contributed by atoms with van der Waals surface area (Å²) in [5.74, 6) is -0.865. The summed E-state index contributed by atoms with van der Waals surface area (Å²) in [6, 6.07) is 0. The number of allylic oxidation sites excluding steroid dienone is 14. The molecule has 1 N–H and O–H groups in total. The van der Waals surface area contributed by atoms with Crippen molar-refractivity contribution in [3.05, 3.63) is 85.1 Å². The average Bonchev–Trinajstić information content (AvgIpc) is 3.32. The van der Waals surface area contributed by atoms with Gasteiger partial charge in [0.2, 0.25) is 0 Å². The second kappa shape index (κ2) is 51.1. The fraction of sp³-hybridized carbons (Fsp3) is 0.733. The fourth-order valence-corrected chi connectivity index (χ4v) is 8.29. The number of hydrogen-bond acceptors (Lipinski definition) is 7. The van der Waals surface area contributed by atoms with Crippen LogP contribution < -0.4 is 0 Å². The summed E-state index contributed by atoms with van der Waals surface area (Å²) in [5, 5.41) is 0. The van der Waals surface area contributed by atoms with E-state index in [9.17, 15) is 19.0 Å². The van der Waals surface area contributed by atoms with Crippen molar-refractivity contribution in [3.63, 3.8) is 0 Å². The SMILES string of the molecule is CC/C=C\C/C=C\C/C=C\C/C=C\C/C=C\CCCC(=O)OC(COC(=O)CCCCCCCCCCCCCCCCCCC/C=C\C/C=C\CCCCCCC)COP(=O)(O)OCC[N+](C)(C)C. The van der Waals surface area contributed by atoms with Gasteiger partial charge in [0, 0.05) is 12.8 Å². The number of carbonyl (C=O) groups is 2. The summed E-state index contributed by atoms with van der Waals surface area (Å²) >= 11 is 0. The predicted molar refractivity (Wildman–Crippen MR) is 298 cm³/mol. The molecule has 2 atom stereocenters. The number of unbranched alkanes of at least 4 members (excludes halogenated alkanes) is 23. The van der Waals surface area contributed by atoms with E-state index in [-0.39, 0.29) is 32.0 Å². The zero-order chi connectivity index (χ0) is 51.3. The number of esters is 2. The lowest BCUT2D eigenvalue weighted by atomic mass is 10.0. The maximum Gasteiger partial charge on any atom is 0.472 e. The van der Waals surface area contributed by atoms with E-state index in [0.717, 1.165) is 57.8 Å². The highest BCUT2D eigenvalue weighted by molar-refractivity contribution is 7.47. The van der Waals surface area contributed by atoms with Crippen LogP contribution in [0.25, 0.3) is 0 Å². The number of nitrogens with zero attached hydrogens (tertiary/aromatic N) is 1. The first kappa shape index (κ1) is 67.2. The molecule has 0 saturated carbocycles. The standard InChI is InChI=1S/C60H106NO8P/c1-6-8-10-12-14-16-18-20-22-24-25-26-27-28-29-30-31-32-33-34-35-37-38-40-42-44-46-48-50-52-59(62)66-56-58(57-68-70(64,65)67-55-54-61(3,4)5)69-60(63)53-51-49-47-45-43-41-39-36-23-21-19-17-15-13-11-9-7-2/h9,11,15,17-18,20-21,23-25,39,41,45,47,58H,6-8,10,12-14,16,19,22,26-38,40,42-44,46,48-57H2,1-5H3/p+1/b11-9-,17-15-,20-18-,23-21-,25-24-,41-39-,47-45-. The zero-order valence-electron chi connectivity index (χ0n) is 45.7. The van der Waals surface area contributed by atoms with Gasteiger partial charge in [-0.15, -0.1) is 0 Å². The second-order valence-electron chi connectivity index (χ2n) is 19.9. The van der Waals surface area contributed by atoms with Crippen molar-refractivity contribution < 1.29 is 42.1 Å². The molecule has 404 valence electrons. The fourth-order valence-electron chi connectivity index (χ4n) is 7.55. The molecule has 0 saturated heterocycles. The molecule has 0 amide bonds. The monoisotopic (exact) mass is 1000 g/mol. The lowest BCUT2D eigenvalue weighted by Crippen LogP contribution is -2.37. The van der Waals surface area contributed by atoms with Gasteiger partial charge in [0.1, 0.15) is 19.8 Å². The number of rotatable bonds is 51. The highest BCUT2D eigenvalue weighted by atomic mass is 31.2. The van der Waals surface area contributed by atoms with Gasteiger partial charge in [0.25, 0.3) is 0 Å². The Labute approximate surface area is 431 Å².